The molecular weight excluding hydrogens is 138 g/mol. The van der Waals surface area contributed by atoms with E-state index in [0.717, 1.165) is 0 Å². The summed E-state index contributed by atoms with van der Waals surface area (Å²) in [5.41, 5.74) is 5.14. The Morgan fingerprint density at radius 3 is 2.70 bits per heavy atom. The van der Waals surface area contributed by atoms with Crippen LogP contribution in [0.2, 0.25) is 0 Å². The number of nitrogens with zero attached hydrogens (tertiary/aromatic N) is 1. The molecule has 0 fully saturated rings. The van der Waals surface area contributed by atoms with E-state index in [2.05, 4.69) is 15.3 Å². The highest BCUT2D eigenvalue weighted by atomic mass is 17.0. The number of anilines is 2. The smallest absolute Gasteiger partial charge is 0.213 e. The fraction of sp³-hybridized carbons (Fsp3) is 0. The lowest BCUT2D eigenvalue weighted by molar-refractivity contribution is 0.126. The van der Waals surface area contributed by atoms with E-state index >= 15 is 0 Å². The van der Waals surface area contributed by atoms with E-state index in [9.17, 15) is 5.21 Å². The lowest BCUT2D eigenvalue weighted by Gasteiger charge is -2.21. The van der Waals surface area contributed by atoms with E-state index in [4.69, 9.17) is 5.73 Å². The predicted octanol–water partition coefficient (Wildman–Crippen LogP) is -0.0287. The molecule has 0 amide bonds. The third kappa shape index (κ3) is 1.18. The highest BCUT2D eigenvalue weighted by molar-refractivity contribution is 5.40. The molecule has 0 aromatic carbocycles. The normalized spacial score (nSPS) is 9.80. The summed E-state index contributed by atoms with van der Waals surface area (Å²) in [5.74, 6) is 4.57. The molecule has 0 aliphatic rings. The van der Waals surface area contributed by atoms with Crippen molar-refractivity contribution >= 4 is 11.8 Å². The second-order valence-electron chi connectivity index (χ2n) is 1.54. The average Bonchev–Trinajstić information content (AvgIpc) is 2.34. The first-order chi connectivity index (χ1) is 4.74. The zero-order chi connectivity index (χ0) is 7.56. The van der Waals surface area contributed by atoms with Crippen molar-refractivity contribution in [2.24, 2.45) is 5.90 Å². The number of hydrogen-bond donors (Lipinski definition) is 2. The zero-order valence-corrected chi connectivity index (χ0v) is 4.98. The average molecular weight is 144 g/mol. The minimum Gasteiger partial charge on any atom is -0.730 e. The summed E-state index contributed by atoms with van der Waals surface area (Å²) in [4.78, 5) is 3.78. The molecule has 6 heteroatoms. The second kappa shape index (κ2) is 2.56. The van der Waals surface area contributed by atoms with Gasteiger partial charge in [0.05, 0.1) is 0 Å². The molecule has 0 aliphatic carbocycles. The Hall–Kier alpha value is -1.24. The topological polar surface area (TPSA) is 101 Å². The van der Waals surface area contributed by atoms with E-state index in [0.29, 0.717) is 0 Å². The summed E-state index contributed by atoms with van der Waals surface area (Å²) in [6.07, 6.45) is 0. The van der Waals surface area contributed by atoms with Gasteiger partial charge in [-0.15, -0.1) is 0 Å². The maximum Gasteiger partial charge on any atom is 0.213 e. The van der Waals surface area contributed by atoms with Gasteiger partial charge in [0, 0.05) is 12.1 Å². The molecule has 4 N–H and O–H groups in total. The van der Waals surface area contributed by atoms with Crippen LogP contribution in [0.15, 0.2) is 16.5 Å². The molecule has 1 heterocycles. The number of furan rings is 1. The first kappa shape index (κ1) is 6.87. The molecule has 1 aromatic heterocycles. The monoisotopic (exact) mass is 144 g/mol. The Kier molecular flexibility index (Phi) is 1.76. The van der Waals surface area contributed by atoms with Crippen LogP contribution in [-0.4, -0.2) is 0 Å². The molecule has 1 aromatic rings. The largest absolute Gasteiger partial charge is 0.730 e. The molecule has 0 saturated heterocycles. The van der Waals surface area contributed by atoms with Crippen LogP contribution >= 0.6 is 0 Å². The van der Waals surface area contributed by atoms with E-state index in [-0.39, 0.29) is 17.0 Å². The Morgan fingerprint density at radius 2 is 2.30 bits per heavy atom. The summed E-state index contributed by atoms with van der Waals surface area (Å²) in [6.45, 7) is 0. The van der Waals surface area contributed by atoms with E-state index < -0.39 is 0 Å². The van der Waals surface area contributed by atoms with Gasteiger partial charge < -0.3 is 15.4 Å². The fourth-order valence-corrected chi connectivity index (χ4v) is 0.492. The van der Waals surface area contributed by atoms with Crippen molar-refractivity contribution in [1.29, 1.82) is 0 Å². The third-order valence-electron chi connectivity index (χ3n) is 0.888. The lowest BCUT2D eigenvalue weighted by atomic mass is 10.6. The first-order valence-electron chi connectivity index (χ1n) is 2.43. The zero-order valence-electron chi connectivity index (χ0n) is 4.98. The molecule has 6 nitrogen and oxygen atoms in total. The van der Waals surface area contributed by atoms with Gasteiger partial charge >= 0.3 is 0 Å². The van der Waals surface area contributed by atoms with Gasteiger partial charge in [-0.05, 0) is 0 Å². The molecule has 0 unspecified atom stereocenters. The summed E-state index contributed by atoms with van der Waals surface area (Å²) >= 11 is 0. The third-order valence-corrected chi connectivity index (χ3v) is 0.888. The minimum absolute atomic E-state index is 0.0103. The Labute approximate surface area is 56.4 Å². The number of nitrogens with two attached hydrogens (primary N) is 2. The van der Waals surface area contributed by atoms with E-state index in [1.807, 2.05) is 0 Å². The molecule has 0 radical (unpaired) electrons. The summed E-state index contributed by atoms with van der Waals surface area (Å²) < 4.78 is 4.62. The molecule has 10 heavy (non-hydrogen) atoms. The standard InChI is InChI=1S/C4H6N3O3/c5-3-1-2-4(9-3)7(8)10-6/h1-2H,5-6H2/q-1. The Bertz CT molecular complexity index is 211. The Morgan fingerprint density at radius 1 is 1.60 bits per heavy atom. The van der Waals surface area contributed by atoms with Crippen molar-refractivity contribution in [3.8, 4) is 0 Å². The van der Waals surface area contributed by atoms with Gasteiger partial charge in [-0.2, -0.15) is 10.8 Å². The molecule has 0 bridgehead atoms. The van der Waals surface area contributed by atoms with Crippen molar-refractivity contribution in [2.45, 2.75) is 0 Å². The van der Waals surface area contributed by atoms with Crippen LogP contribution in [0.25, 0.3) is 0 Å². The summed E-state index contributed by atoms with van der Waals surface area (Å²) in [7, 11) is 0. The van der Waals surface area contributed by atoms with Gasteiger partial charge in [0.15, 0.2) is 5.88 Å². The molecule has 0 atom stereocenters. The van der Waals surface area contributed by atoms with Gasteiger partial charge in [-0.1, -0.05) is 0 Å². The molecule has 0 spiro atoms. The lowest BCUT2D eigenvalue weighted by Crippen LogP contribution is -2.19. The highest BCUT2D eigenvalue weighted by Gasteiger charge is 1.98. The van der Waals surface area contributed by atoms with E-state index in [1.165, 1.54) is 12.1 Å². The van der Waals surface area contributed by atoms with Crippen LogP contribution in [0.1, 0.15) is 0 Å². The highest BCUT2D eigenvalue weighted by Crippen LogP contribution is 2.17. The van der Waals surface area contributed by atoms with Crippen molar-refractivity contribution in [1.82, 2.24) is 0 Å². The van der Waals surface area contributed by atoms with Crippen LogP contribution < -0.4 is 16.9 Å². The predicted molar refractivity (Wildman–Crippen MR) is 34.2 cm³/mol. The fourth-order valence-electron chi connectivity index (χ4n) is 0.492. The van der Waals surface area contributed by atoms with Crippen molar-refractivity contribution in [3.63, 3.8) is 0 Å². The Balaban J connectivity index is 2.74. The van der Waals surface area contributed by atoms with Gasteiger partial charge in [-0.3, -0.25) is 5.23 Å². The van der Waals surface area contributed by atoms with Crippen LogP contribution in [-0.2, 0) is 4.94 Å². The second-order valence-corrected chi connectivity index (χ2v) is 1.54. The maximum absolute atomic E-state index is 10.4. The van der Waals surface area contributed by atoms with E-state index in [1.54, 1.807) is 0 Å². The molecular formula is C4H6N3O3-. The van der Waals surface area contributed by atoms with Crippen LogP contribution in [0.3, 0.4) is 0 Å². The number of nitrogen functional groups attached to an aromatic ring is 1. The summed E-state index contributed by atoms with van der Waals surface area (Å²) in [5, 5.41) is 10.5. The van der Waals surface area contributed by atoms with Gasteiger partial charge in [0.25, 0.3) is 0 Å². The van der Waals surface area contributed by atoms with Crippen molar-refractivity contribution in [2.75, 3.05) is 11.0 Å². The molecule has 0 saturated carbocycles. The minimum atomic E-state index is -0.0833. The van der Waals surface area contributed by atoms with Gasteiger partial charge in [-0.25, -0.2) is 0 Å². The number of hydrogen-bond acceptors (Lipinski definition) is 6. The van der Waals surface area contributed by atoms with Crippen LogP contribution in [0.5, 0.6) is 0 Å². The van der Waals surface area contributed by atoms with Gasteiger partial charge in [0.1, 0.15) is 0 Å². The number of rotatable bonds is 2. The maximum atomic E-state index is 10.4. The van der Waals surface area contributed by atoms with Crippen LogP contribution in [0, 0.1) is 5.21 Å². The first-order valence-corrected chi connectivity index (χ1v) is 2.43. The summed E-state index contributed by atoms with van der Waals surface area (Å²) in [6, 6.07) is 2.76. The quantitative estimate of drug-likeness (QED) is 0.565. The molecule has 0 aliphatic heterocycles. The molecule has 1 rings (SSSR count). The SMILES string of the molecule is NON([O-])c1ccc(N)o1. The van der Waals surface area contributed by atoms with Crippen LogP contribution in [0.4, 0.5) is 11.8 Å². The van der Waals surface area contributed by atoms with Crippen molar-refractivity contribution in [3.05, 3.63) is 17.3 Å². The molecule has 56 valence electrons. The van der Waals surface area contributed by atoms with Crippen molar-refractivity contribution < 1.29 is 9.36 Å². The van der Waals surface area contributed by atoms with Gasteiger partial charge in [0.2, 0.25) is 5.88 Å².